The van der Waals surface area contributed by atoms with E-state index in [1.54, 1.807) is 0 Å². The molecular weight excluding hydrogens is 246 g/mol. The molecule has 0 aliphatic heterocycles. The molecule has 0 saturated heterocycles. The number of nitrogens with one attached hydrogen (secondary N) is 1. The first-order valence-corrected chi connectivity index (χ1v) is 6.99. The van der Waals surface area contributed by atoms with E-state index in [9.17, 15) is 0 Å². The van der Waals surface area contributed by atoms with E-state index >= 15 is 0 Å². The second-order valence-electron chi connectivity index (χ2n) is 5.36. The van der Waals surface area contributed by atoms with Crippen LogP contribution in [-0.2, 0) is 6.54 Å². The Morgan fingerprint density at radius 3 is 2.45 bits per heavy atom. The summed E-state index contributed by atoms with van der Waals surface area (Å²) in [6.45, 7) is 5.08. The third kappa shape index (κ3) is 3.58. The molecule has 1 N–H and O–H groups in total. The van der Waals surface area contributed by atoms with Crippen LogP contribution in [0.25, 0.3) is 0 Å². The van der Waals surface area contributed by atoms with Crippen molar-refractivity contribution in [2.75, 3.05) is 19.0 Å². The van der Waals surface area contributed by atoms with Gasteiger partial charge in [0.05, 0.1) is 5.69 Å². The van der Waals surface area contributed by atoms with E-state index in [4.69, 9.17) is 0 Å². The van der Waals surface area contributed by atoms with Crippen molar-refractivity contribution in [3.05, 3.63) is 59.4 Å². The van der Waals surface area contributed by atoms with E-state index in [1.165, 1.54) is 16.8 Å². The summed E-state index contributed by atoms with van der Waals surface area (Å²) >= 11 is 0. The maximum absolute atomic E-state index is 4.41. The normalized spacial score (nSPS) is 12.2. The van der Waals surface area contributed by atoms with Crippen LogP contribution >= 0.6 is 0 Å². The summed E-state index contributed by atoms with van der Waals surface area (Å²) in [6, 6.07) is 13.0. The Morgan fingerprint density at radius 1 is 1.15 bits per heavy atom. The van der Waals surface area contributed by atoms with E-state index in [2.05, 4.69) is 73.5 Å². The number of anilines is 1. The first kappa shape index (κ1) is 14.5. The van der Waals surface area contributed by atoms with Gasteiger partial charge in [0.2, 0.25) is 0 Å². The molecule has 0 aliphatic rings. The number of benzene rings is 1. The summed E-state index contributed by atoms with van der Waals surface area (Å²) in [6.07, 6.45) is 1.85. The number of hydrogen-bond acceptors (Lipinski definition) is 3. The van der Waals surface area contributed by atoms with Gasteiger partial charge in [-0.25, -0.2) is 0 Å². The molecule has 0 fully saturated rings. The molecule has 1 heterocycles. The average Bonchev–Trinajstić information content (AvgIpc) is 2.46. The third-order valence-corrected chi connectivity index (χ3v) is 3.60. The van der Waals surface area contributed by atoms with Gasteiger partial charge < -0.3 is 10.2 Å². The number of aryl methyl sites for hydroxylation is 1. The molecule has 0 saturated carbocycles. The first-order valence-electron chi connectivity index (χ1n) is 6.99. The maximum Gasteiger partial charge on any atom is 0.0570 e. The Bertz CT molecular complexity index is 546. The highest BCUT2D eigenvalue weighted by Gasteiger charge is 2.06. The number of pyridine rings is 1. The SMILES string of the molecule is Cc1cccnc1CNC(C)c1ccc(N(C)C)cc1. The van der Waals surface area contributed by atoms with Crippen LogP contribution in [0.15, 0.2) is 42.6 Å². The summed E-state index contributed by atoms with van der Waals surface area (Å²) < 4.78 is 0. The van der Waals surface area contributed by atoms with E-state index in [0.717, 1.165) is 12.2 Å². The molecule has 20 heavy (non-hydrogen) atoms. The molecule has 0 aliphatic carbocycles. The smallest absolute Gasteiger partial charge is 0.0570 e. The molecule has 1 aromatic heterocycles. The summed E-state index contributed by atoms with van der Waals surface area (Å²) in [5.41, 5.74) is 4.87. The molecule has 0 spiro atoms. The fraction of sp³-hybridized carbons (Fsp3) is 0.353. The molecule has 1 aromatic carbocycles. The predicted molar refractivity (Wildman–Crippen MR) is 85.0 cm³/mol. The number of rotatable bonds is 5. The molecular formula is C17H23N3. The summed E-state index contributed by atoms with van der Waals surface area (Å²) in [5.74, 6) is 0. The molecule has 1 unspecified atom stereocenters. The van der Waals surface area contributed by atoms with Gasteiger partial charge in [0, 0.05) is 38.6 Å². The lowest BCUT2D eigenvalue weighted by molar-refractivity contribution is 0.566. The molecule has 0 bridgehead atoms. The van der Waals surface area contributed by atoms with Gasteiger partial charge in [-0.1, -0.05) is 18.2 Å². The molecule has 3 nitrogen and oxygen atoms in total. The van der Waals surface area contributed by atoms with Gasteiger partial charge in [0.15, 0.2) is 0 Å². The van der Waals surface area contributed by atoms with Crippen molar-refractivity contribution in [3.63, 3.8) is 0 Å². The average molecular weight is 269 g/mol. The fourth-order valence-electron chi connectivity index (χ4n) is 2.13. The summed E-state index contributed by atoms with van der Waals surface area (Å²) in [7, 11) is 4.11. The Labute approximate surface area is 121 Å². The molecule has 2 rings (SSSR count). The van der Waals surface area contributed by atoms with Crippen LogP contribution in [0, 0.1) is 6.92 Å². The van der Waals surface area contributed by atoms with Crippen LogP contribution in [0.4, 0.5) is 5.69 Å². The number of nitrogens with zero attached hydrogens (tertiary/aromatic N) is 2. The first-order chi connectivity index (χ1) is 9.58. The van der Waals surface area contributed by atoms with Crippen molar-refractivity contribution in [1.29, 1.82) is 0 Å². The van der Waals surface area contributed by atoms with Crippen molar-refractivity contribution in [2.24, 2.45) is 0 Å². The number of hydrogen-bond donors (Lipinski definition) is 1. The third-order valence-electron chi connectivity index (χ3n) is 3.60. The zero-order valence-electron chi connectivity index (χ0n) is 12.7. The van der Waals surface area contributed by atoms with Crippen molar-refractivity contribution >= 4 is 5.69 Å². The molecule has 1 atom stereocenters. The monoisotopic (exact) mass is 269 g/mol. The van der Waals surface area contributed by atoms with Gasteiger partial charge in [0.25, 0.3) is 0 Å². The quantitative estimate of drug-likeness (QED) is 0.902. The van der Waals surface area contributed by atoms with Crippen LogP contribution in [0.1, 0.15) is 29.8 Å². The minimum atomic E-state index is 0.313. The zero-order valence-corrected chi connectivity index (χ0v) is 12.7. The lowest BCUT2D eigenvalue weighted by Gasteiger charge is -2.17. The van der Waals surface area contributed by atoms with Crippen molar-refractivity contribution in [1.82, 2.24) is 10.3 Å². The highest BCUT2D eigenvalue weighted by atomic mass is 15.1. The van der Waals surface area contributed by atoms with Gasteiger partial charge in [-0.15, -0.1) is 0 Å². The molecule has 2 aromatic rings. The lowest BCUT2D eigenvalue weighted by atomic mass is 10.1. The van der Waals surface area contributed by atoms with E-state index in [1.807, 2.05) is 12.3 Å². The highest BCUT2D eigenvalue weighted by molar-refractivity contribution is 5.46. The van der Waals surface area contributed by atoms with Gasteiger partial charge in [-0.3, -0.25) is 4.98 Å². The van der Waals surface area contributed by atoms with Crippen LogP contribution in [-0.4, -0.2) is 19.1 Å². The van der Waals surface area contributed by atoms with E-state index in [0.29, 0.717) is 6.04 Å². The van der Waals surface area contributed by atoms with Crippen molar-refractivity contribution in [3.8, 4) is 0 Å². The van der Waals surface area contributed by atoms with Crippen molar-refractivity contribution in [2.45, 2.75) is 26.4 Å². The Morgan fingerprint density at radius 2 is 1.85 bits per heavy atom. The second-order valence-corrected chi connectivity index (χ2v) is 5.36. The second kappa shape index (κ2) is 6.53. The van der Waals surface area contributed by atoms with Crippen LogP contribution < -0.4 is 10.2 Å². The van der Waals surface area contributed by atoms with Gasteiger partial charge >= 0.3 is 0 Å². The Hall–Kier alpha value is -1.87. The maximum atomic E-state index is 4.41. The summed E-state index contributed by atoms with van der Waals surface area (Å²) in [4.78, 5) is 6.52. The fourth-order valence-corrected chi connectivity index (χ4v) is 2.13. The lowest BCUT2D eigenvalue weighted by Crippen LogP contribution is -2.19. The summed E-state index contributed by atoms with van der Waals surface area (Å²) in [5, 5.41) is 3.53. The van der Waals surface area contributed by atoms with E-state index in [-0.39, 0.29) is 0 Å². The molecule has 0 radical (unpaired) electrons. The molecule has 3 heteroatoms. The Balaban J connectivity index is 1.98. The largest absolute Gasteiger partial charge is 0.378 e. The van der Waals surface area contributed by atoms with Gasteiger partial charge in [-0.05, 0) is 43.2 Å². The minimum Gasteiger partial charge on any atom is -0.378 e. The highest BCUT2D eigenvalue weighted by Crippen LogP contribution is 2.18. The zero-order chi connectivity index (χ0) is 14.5. The number of aromatic nitrogens is 1. The van der Waals surface area contributed by atoms with Crippen LogP contribution in [0.5, 0.6) is 0 Å². The van der Waals surface area contributed by atoms with Gasteiger partial charge in [0.1, 0.15) is 0 Å². The van der Waals surface area contributed by atoms with Crippen LogP contribution in [0.3, 0.4) is 0 Å². The van der Waals surface area contributed by atoms with Crippen LogP contribution in [0.2, 0.25) is 0 Å². The minimum absolute atomic E-state index is 0.313. The predicted octanol–water partition coefficient (Wildman–Crippen LogP) is 3.31. The van der Waals surface area contributed by atoms with Gasteiger partial charge in [-0.2, -0.15) is 0 Å². The Kier molecular flexibility index (Phi) is 4.74. The van der Waals surface area contributed by atoms with Crippen molar-refractivity contribution < 1.29 is 0 Å². The standard InChI is InChI=1S/C17H23N3/c1-13-6-5-11-18-17(13)12-19-14(2)15-7-9-16(10-8-15)20(3)4/h5-11,14,19H,12H2,1-4H3. The van der Waals surface area contributed by atoms with E-state index < -0.39 is 0 Å². The topological polar surface area (TPSA) is 28.2 Å². The molecule has 106 valence electrons. The molecule has 0 amide bonds.